The number of rotatable bonds is 3. The fourth-order valence-electron chi connectivity index (χ4n) is 2.90. The molecule has 0 saturated heterocycles. The Balaban J connectivity index is 1.95. The molecule has 2 aromatic rings. The molecule has 1 saturated carbocycles. The number of nitrogens with zero attached hydrogens (tertiary/aromatic N) is 2. The van der Waals surface area contributed by atoms with E-state index in [0.29, 0.717) is 18.3 Å². The van der Waals surface area contributed by atoms with Crippen LogP contribution in [0.25, 0.3) is 11.4 Å². The second kappa shape index (κ2) is 4.78. The fourth-order valence-corrected chi connectivity index (χ4v) is 2.90. The van der Waals surface area contributed by atoms with Crippen LogP contribution >= 0.6 is 0 Å². The molecule has 0 aliphatic heterocycles. The average Bonchev–Trinajstić information content (AvgIpc) is 3.08. The highest BCUT2D eigenvalue weighted by Gasteiger charge is 2.39. The largest absolute Gasteiger partial charge is 0.338 e. The molecule has 100 valence electrons. The summed E-state index contributed by atoms with van der Waals surface area (Å²) in [5.41, 5.74) is 8.05. The minimum absolute atomic E-state index is 0.0882. The predicted octanol–water partition coefficient (Wildman–Crippen LogP) is 2.82. The van der Waals surface area contributed by atoms with Crippen molar-refractivity contribution >= 4 is 0 Å². The minimum atomic E-state index is -0.0882. The van der Waals surface area contributed by atoms with Gasteiger partial charge in [-0.25, -0.2) is 0 Å². The van der Waals surface area contributed by atoms with E-state index in [1.165, 1.54) is 18.4 Å². The first-order valence-corrected chi connectivity index (χ1v) is 6.85. The minimum Gasteiger partial charge on any atom is -0.338 e. The van der Waals surface area contributed by atoms with Gasteiger partial charge in [0, 0.05) is 12.1 Å². The van der Waals surface area contributed by atoms with Crippen LogP contribution in [0.4, 0.5) is 0 Å². The molecule has 4 heteroatoms. The number of aryl methyl sites for hydroxylation is 1. The first-order chi connectivity index (χ1) is 9.23. The highest BCUT2D eigenvalue weighted by Crippen LogP contribution is 2.39. The van der Waals surface area contributed by atoms with E-state index < -0.39 is 0 Å². The first kappa shape index (κ1) is 12.4. The SMILES string of the molecule is Cc1cccc(-c2noc(C3(CN)CCCC3)n2)c1. The zero-order valence-electron chi connectivity index (χ0n) is 11.2. The van der Waals surface area contributed by atoms with Crippen LogP contribution in [0.3, 0.4) is 0 Å². The van der Waals surface area contributed by atoms with Crippen molar-refractivity contribution in [2.24, 2.45) is 5.73 Å². The molecule has 0 atom stereocenters. The van der Waals surface area contributed by atoms with Gasteiger partial charge >= 0.3 is 0 Å². The van der Waals surface area contributed by atoms with E-state index in [1.54, 1.807) is 0 Å². The van der Waals surface area contributed by atoms with Gasteiger partial charge in [-0.15, -0.1) is 0 Å². The van der Waals surface area contributed by atoms with Crippen molar-refractivity contribution in [3.63, 3.8) is 0 Å². The molecule has 1 aliphatic rings. The van der Waals surface area contributed by atoms with E-state index in [9.17, 15) is 0 Å². The lowest BCUT2D eigenvalue weighted by Crippen LogP contribution is -2.32. The molecule has 1 aromatic heterocycles. The molecule has 0 amide bonds. The Morgan fingerprint density at radius 3 is 2.79 bits per heavy atom. The van der Waals surface area contributed by atoms with E-state index >= 15 is 0 Å². The molecule has 1 aliphatic carbocycles. The summed E-state index contributed by atoms with van der Waals surface area (Å²) in [5.74, 6) is 1.38. The van der Waals surface area contributed by atoms with Gasteiger partial charge in [0.15, 0.2) is 0 Å². The number of aromatic nitrogens is 2. The number of hydrogen-bond donors (Lipinski definition) is 1. The lowest BCUT2D eigenvalue weighted by Gasteiger charge is -2.21. The third-order valence-corrected chi connectivity index (χ3v) is 4.11. The Morgan fingerprint density at radius 2 is 2.11 bits per heavy atom. The van der Waals surface area contributed by atoms with Gasteiger partial charge in [0.25, 0.3) is 0 Å². The summed E-state index contributed by atoms with van der Waals surface area (Å²) in [6, 6.07) is 8.14. The molecule has 0 spiro atoms. The number of benzene rings is 1. The molecule has 1 heterocycles. The van der Waals surface area contributed by atoms with Crippen LogP contribution in [0.15, 0.2) is 28.8 Å². The molecule has 19 heavy (non-hydrogen) atoms. The van der Waals surface area contributed by atoms with Crippen molar-refractivity contribution in [3.8, 4) is 11.4 Å². The zero-order valence-corrected chi connectivity index (χ0v) is 11.2. The van der Waals surface area contributed by atoms with Crippen LogP contribution < -0.4 is 5.73 Å². The second-order valence-corrected chi connectivity index (χ2v) is 5.48. The van der Waals surface area contributed by atoms with E-state index in [-0.39, 0.29) is 5.41 Å². The molecule has 2 N–H and O–H groups in total. The zero-order chi connectivity index (χ0) is 13.3. The lowest BCUT2D eigenvalue weighted by molar-refractivity contribution is 0.284. The Hall–Kier alpha value is -1.68. The summed E-state index contributed by atoms with van der Waals surface area (Å²) in [5, 5.41) is 4.12. The van der Waals surface area contributed by atoms with Crippen molar-refractivity contribution < 1.29 is 4.52 Å². The summed E-state index contributed by atoms with van der Waals surface area (Å²) in [6.45, 7) is 2.64. The average molecular weight is 257 g/mol. The van der Waals surface area contributed by atoms with Crippen molar-refractivity contribution in [3.05, 3.63) is 35.7 Å². The maximum Gasteiger partial charge on any atom is 0.234 e. The van der Waals surface area contributed by atoms with Gasteiger partial charge in [0.2, 0.25) is 11.7 Å². The maximum absolute atomic E-state index is 5.95. The molecule has 0 radical (unpaired) electrons. The van der Waals surface area contributed by atoms with Gasteiger partial charge in [-0.2, -0.15) is 4.98 Å². The van der Waals surface area contributed by atoms with Crippen molar-refractivity contribution in [1.82, 2.24) is 10.1 Å². The molecule has 1 fully saturated rings. The topological polar surface area (TPSA) is 64.9 Å². The van der Waals surface area contributed by atoms with Crippen LogP contribution in [0, 0.1) is 6.92 Å². The molecule has 3 rings (SSSR count). The molecular formula is C15H19N3O. The van der Waals surface area contributed by atoms with Gasteiger partial charge in [0.05, 0.1) is 5.41 Å². The first-order valence-electron chi connectivity index (χ1n) is 6.85. The summed E-state index contributed by atoms with van der Waals surface area (Å²) >= 11 is 0. The molecule has 4 nitrogen and oxygen atoms in total. The summed E-state index contributed by atoms with van der Waals surface area (Å²) in [7, 11) is 0. The standard InChI is InChI=1S/C15H19N3O/c1-11-5-4-6-12(9-11)13-17-14(19-18-13)15(10-16)7-2-3-8-15/h4-6,9H,2-3,7-8,10,16H2,1H3. The summed E-state index contributed by atoms with van der Waals surface area (Å²) in [6.07, 6.45) is 4.50. The smallest absolute Gasteiger partial charge is 0.234 e. The molecule has 1 aromatic carbocycles. The monoisotopic (exact) mass is 257 g/mol. The maximum atomic E-state index is 5.95. The van der Waals surface area contributed by atoms with Crippen molar-refractivity contribution in [1.29, 1.82) is 0 Å². The second-order valence-electron chi connectivity index (χ2n) is 5.48. The van der Waals surface area contributed by atoms with Gasteiger partial charge in [-0.3, -0.25) is 0 Å². The van der Waals surface area contributed by atoms with Gasteiger partial charge in [-0.1, -0.05) is 41.8 Å². The van der Waals surface area contributed by atoms with E-state index in [0.717, 1.165) is 18.4 Å². The fraction of sp³-hybridized carbons (Fsp3) is 0.467. The Labute approximate surface area is 113 Å². The molecular weight excluding hydrogens is 238 g/mol. The molecule has 0 bridgehead atoms. The van der Waals surface area contributed by atoms with Crippen LogP contribution in [0.2, 0.25) is 0 Å². The van der Waals surface area contributed by atoms with E-state index in [4.69, 9.17) is 10.3 Å². The Kier molecular flexibility index (Phi) is 3.11. The predicted molar refractivity (Wildman–Crippen MR) is 73.7 cm³/mol. The lowest BCUT2D eigenvalue weighted by atomic mass is 9.86. The number of nitrogens with two attached hydrogens (primary N) is 1. The van der Waals surface area contributed by atoms with Crippen LogP contribution in [-0.2, 0) is 5.41 Å². The van der Waals surface area contributed by atoms with E-state index in [1.807, 2.05) is 12.1 Å². The summed E-state index contributed by atoms with van der Waals surface area (Å²) < 4.78 is 5.50. The third-order valence-electron chi connectivity index (χ3n) is 4.11. The highest BCUT2D eigenvalue weighted by molar-refractivity contribution is 5.55. The van der Waals surface area contributed by atoms with Crippen LogP contribution in [0.5, 0.6) is 0 Å². The Bertz CT molecular complexity index is 570. The molecule has 0 unspecified atom stereocenters. The van der Waals surface area contributed by atoms with E-state index in [2.05, 4.69) is 29.2 Å². The normalized spacial score (nSPS) is 17.8. The van der Waals surface area contributed by atoms with Gasteiger partial charge < -0.3 is 10.3 Å². The van der Waals surface area contributed by atoms with Gasteiger partial charge in [0.1, 0.15) is 0 Å². The third kappa shape index (κ3) is 2.16. The van der Waals surface area contributed by atoms with Crippen LogP contribution in [-0.4, -0.2) is 16.7 Å². The highest BCUT2D eigenvalue weighted by atomic mass is 16.5. The van der Waals surface area contributed by atoms with Crippen molar-refractivity contribution in [2.75, 3.05) is 6.54 Å². The quantitative estimate of drug-likeness (QED) is 0.918. The van der Waals surface area contributed by atoms with Crippen LogP contribution in [0.1, 0.15) is 37.1 Å². The number of hydrogen-bond acceptors (Lipinski definition) is 4. The van der Waals surface area contributed by atoms with Gasteiger partial charge in [-0.05, 0) is 25.8 Å². The Morgan fingerprint density at radius 1 is 1.32 bits per heavy atom. The van der Waals surface area contributed by atoms with Crippen molar-refractivity contribution in [2.45, 2.75) is 38.0 Å². The summed E-state index contributed by atoms with van der Waals surface area (Å²) in [4.78, 5) is 4.59.